The zero-order valence-electron chi connectivity index (χ0n) is 19.3. The number of hydrogen-bond acceptors (Lipinski definition) is 3. The van der Waals surface area contributed by atoms with E-state index < -0.39 is 5.97 Å². The normalized spacial score (nSPS) is 12.3. The molecule has 0 saturated carbocycles. The van der Waals surface area contributed by atoms with Crippen LogP contribution in [-0.4, -0.2) is 42.1 Å². The number of nitrogens with zero attached hydrogens (tertiary/aromatic N) is 1. The van der Waals surface area contributed by atoms with Gasteiger partial charge in [0.1, 0.15) is 12.3 Å². The number of hydrogen-bond donors (Lipinski definition) is 1. The maximum Gasteiger partial charge on any atom is 0.323 e. The van der Waals surface area contributed by atoms with Crippen molar-refractivity contribution >= 4 is 11.9 Å². The number of carboxylic acid groups (broad SMARTS) is 1. The predicted molar refractivity (Wildman–Crippen MR) is 122 cm³/mol. The molecule has 1 aromatic carbocycles. The van der Waals surface area contributed by atoms with E-state index in [4.69, 9.17) is 9.84 Å². The van der Waals surface area contributed by atoms with Crippen molar-refractivity contribution in [2.75, 3.05) is 20.2 Å². The molecular weight excluding hydrogens is 378 g/mol. The van der Waals surface area contributed by atoms with Crippen LogP contribution in [0.3, 0.4) is 0 Å². The zero-order valence-corrected chi connectivity index (χ0v) is 19.3. The Bertz CT molecular complexity index is 775. The second-order valence-electron chi connectivity index (χ2n) is 7.52. The minimum absolute atomic E-state index is 0.155. The lowest BCUT2D eigenvalue weighted by Crippen LogP contribution is -2.31. The van der Waals surface area contributed by atoms with E-state index in [9.17, 15) is 9.59 Å². The third kappa shape index (κ3) is 6.48. The van der Waals surface area contributed by atoms with E-state index in [0.29, 0.717) is 6.61 Å². The van der Waals surface area contributed by atoms with E-state index in [0.717, 1.165) is 30.6 Å². The number of ether oxygens (including phenoxy) is 1. The molecule has 0 aliphatic carbocycles. The first kappa shape index (κ1) is 25.5. The molecule has 1 amide bonds. The Morgan fingerprint density at radius 3 is 2.33 bits per heavy atom. The van der Waals surface area contributed by atoms with E-state index in [1.54, 1.807) is 0 Å². The van der Waals surface area contributed by atoms with E-state index in [-0.39, 0.29) is 24.3 Å². The molecule has 0 radical (unpaired) electrons. The number of carboxylic acids is 1. The molecule has 0 atom stereocenters. The average molecular weight is 416 g/mol. The highest BCUT2D eigenvalue weighted by Crippen LogP contribution is 2.41. The van der Waals surface area contributed by atoms with Gasteiger partial charge in [-0.05, 0) is 55.9 Å². The van der Waals surface area contributed by atoms with Gasteiger partial charge in [0, 0.05) is 18.9 Å². The number of aliphatic carboxylic acids is 1. The number of carbonyl (C=O) groups excluding carboxylic acids is 1. The van der Waals surface area contributed by atoms with Crippen molar-refractivity contribution in [2.24, 2.45) is 0 Å². The van der Waals surface area contributed by atoms with Gasteiger partial charge >= 0.3 is 5.97 Å². The molecule has 30 heavy (non-hydrogen) atoms. The molecule has 1 N–H and O–H groups in total. The van der Waals surface area contributed by atoms with Gasteiger partial charge in [0.25, 0.3) is 0 Å². The van der Waals surface area contributed by atoms with Gasteiger partial charge in [0.2, 0.25) is 5.91 Å². The third-order valence-electron chi connectivity index (χ3n) is 5.60. The molecule has 166 valence electrons. The van der Waals surface area contributed by atoms with Crippen LogP contribution in [0.2, 0.25) is 0 Å². The standard InChI is InChI=1S/C25H37NO4/c1-7-12-20(13-11-14-23(27)26(6)18-24(28)29)25(8-2,9-3)21-15-16-22(30-10-4)19(5)17-21/h11-13,15-17H,7-10,14,18H2,1-6H3,(H,28,29)/b13-11-,20-12+. The molecule has 0 aromatic heterocycles. The quantitative estimate of drug-likeness (QED) is 0.472. The SMILES string of the molecule is CC/C=C(\C=C/CC(=O)N(C)CC(=O)O)C(CC)(CC)c1ccc(OCC)c(C)c1. The first-order valence-electron chi connectivity index (χ1n) is 10.8. The number of carbonyl (C=O) groups is 2. The summed E-state index contributed by atoms with van der Waals surface area (Å²) in [5.41, 5.74) is 3.39. The Morgan fingerprint density at radius 1 is 1.17 bits per heavy atom. The van der Waals surface area contributed by atoms with Crippen LogP contribution >= 0.6 is 0 Å². The minimum Gasteiger partial charge on any atom is -0.494 e. The van der Waals surface area contributed by atoms with Gasteiger partial charge in [-0.15, -0.1) is 0 Å². The predicted octanol–water partition coefficient (Wildman–Crippen LogP) is 5.28. The topological polar surface area (TPSA) is 66.8 Å². The Kier molecular flexibility index (Phi) is 10.4. The fourth-order valence-corrected chi connectivity index (χ4v) is 3.87. The van der Waals surface area contributed by atoms with Gasteiger partial charge in [-0.2, -0.15) is 0 Å². The second-order valence-corrected chi connectivity index (χ2v) is 7.52. The number of benzene rings is 1. The number of aryl methyl sites for hydroxylation is 1. The van der Waals surface area contributed by atoms with Crippen LogP contribution in [0.4, 0.5) is 0 Å². The maximum atomic E-state index is 12.2. The van der Waals surface area contributed by atoms with Gasteiger partial charge in [-0.1, -0.05) is 51.1 Å². The molecule has 0 saturated heterocycles. The van der Waals surface area contributed by atoms with Crippen molar-refractivity contribution in [1.29, 1.82) is 0 Å². The minimum atomic E-state index is -1.01. The van der Waals surface area contributed by atoms with Crippen LogP contribution < -0.4 is 4.74 Å². The maximum absolute atomic E-state index is 12.2. The molecule has 0 fully saturated rings. The molecular formula is C25H37NO4. The first-order chi connectivity index (χ1) is 14.2. The van der Waals surface area contributed by atoms with Crippen molar-refractivity contribution < 1.29 is 19.4 Å². The summed E-state index contributed by atoms with van der Waals surface area (Å²) in [6, 6.07) is 6.40. The van der Waals surface area contributed by atoms with Crippen molar-refractivity contribution in [3.05, 3.63) is 53.1 Å². The van der Waals surface area contributed by atoms with E-state index in [2.05, 4.69) is 45.9 Å². The van der Waals surface area contributed by atoms with Crippen LogP contribution in [0.1, 0.15) is 64.5 Å². The Morgan fingerprint density at radius 2 is 1.83 bits per heavy atom. The number of allylic oxidation sites excluding steroid dienone is 3. The van der Waals surface area contributed by atoms with Gasteiger partial charge < -0.3 is 14.7 Å². The average Bonchev–Trinajstić information content (AvgIpc) is 2.70. The summed E-state index contributed by atoms with van der Waals surface area (Å²) in [6.45, 7) is 10.9. The molecule has 0 aliphatic rings. The van der Waals surface area contributed by atoms with E-state index in [1.165, 1.54) is 23.1 Å². The summed E-state index contributed by atoms with van der Waals surface area (Å²) in [6.07, 6.45) is 9.04. The van der Waals surface area contributed by atoms with Gasteiger partial charge in [0.15, 0.2) is 0 Å². The smallest absolute Gasteiger partial charge is 0.323 e. The summed E-state index contributed by atoms with van der Waals surface area (Å²) in [4.78, 5) is 24.2. The fourth-order valence-electron chi connectivity index (χ4n) is 3.87. The number of likely N-dealkylation sites (N-methyl/N-ethyl adjacent to an activating group) is 1. The van der Waals surface area contributed by atoms with Crippen molar-refractivity contribution in [2.45, 2.75) is 65.7 Å². The molecule has 0 unspecified atom stereocenters. The van der Waals surface area contributed by atoms with E-state index >= 15 is 0 Å². The highest BCUT2D eigenvalue weighted by atomic mass is 16.5. The van der Waals surface area contributed by atoms with Crippen LogP contribution in [0.15, 0.2) is 42.0 Å². The van der Waals surface area contributed by atoms with Crippen molar-refractivity contribution in [3.8, 4) is 5.75 Å². The lowest BCUT2D eigenvalue weighted by atomic mass is 9.69. The van der Waals surface area contributed by atoms with Crippen molar-refractivity contribution in [3.63, 3.8) is 0 Å². The summed E-state index contributed by atoms with van der Waals surface area (Å²) in [7, 11) is 1.51. The molecule has 0 spiro atoms. The van der Waals surface area contributed by atoms with Crippen LogP contribution in [0.5, 0.6) is 5.75 Å². The summed E-state index contributed by atoms with van der Waals surface area (Å²) < 4.78 is 5.71. The molecule has 0 aliphatic heterocycles. The highest BCUT2D eigenvalue weighted by Gasteiger charge is 2.31. The van der Waals surface area contributed by atoms with Gasteiger partial charge in [0.05, 0.1) is 6.61 Å². The highest BCUT2D eigenvalue weighted by molar-refractivity contribution is 5.82. The second kappa shape index (κ2) is 12.2. The molecule has 1 aromatic rings. The molecule has 1 rings (SSSR count). The Labute approximate surface area is 181 Å². The van der Waals surface area contributed by atoms with Crippen LogP contribution in [0, 0.1) is 6.92 Å². The summed E-state index contributed by atoms with van der Waals surface area (Å²) in [5.74, 6) is -0.311. The zero-order chi connectivity index (χ0) is 22.7. The molecule has 0 heterocycles. The van der Waals surface area contributed by atoms with Crippen molar-refractivity contribution in [1.82, 2.24) is 4.90 Å². The molecule has 5 heteroatoms. The largest absolute Gasteiger partial charge is 0.494 e. The molecule has 0 bridgehead atoms. The number of rotatable bonds is 12. The third-order valence-corrected chi connectivity index (χ3v) is 5.60. The first-order valence-corrected chi connectivity index (χ1v) is 10.8. The summed E-state index contributed by atoms with van der Waals surface area (Å²) >= 11 is 0. The molecule has 5 nitrogen and oxygen atoms in total. The Balaban J connectivity index is 3.21. The van der Waals surface area contributed by atoms with Gasteiger partial charge in [-0.3, -0.25) is 9.59 Å². The number of amides is 1. The lowest BCUT2D eigenvalue weighted by molar-refractivity contribution is -0.143. The fraction of sp³-hybridized carbons (Fsp3) is 0.520. The van der Waals surface area contributed by atoms with Gasteiger partial charge in [-0.25, -0.2) is 0 Å². The lowest BCUT2D eigenvalue weighted by Gasteiger charge is -2.35. The Hall–Kier alpha value is -2.56. The van der Waals surface area contributed by atoms with Crippen LogP contribution in [-0.2, 0) is 15.0 Å². The van der Waals surface area contributed by atoms with Crippen LogP contribution in [0.25, 0.3) is 0 Å². The van der Waals surface area contributed by atoms with E-state index in [1.807, 2.05) is 25.1 Å². The summed E-state index contributed by atoms with van der Waals surface area (Å²) in [5, 5.41) is 8.86. The monoisotopic (exact) mass is 415 g/mol.